The van der Waals surface area contributed by atoms with Gasteiger partial charge < -0.3 is 20.1 Å². The predicted octanol–water partition coefficient (Wildman–Crippen LogP) is 4.14. The van der Waals surface area contributed by atoms with Crippen molar-refractivity contribution >= 4 is 17.6 Å². The van der Waals surface area contributed by atoms with E-state index in [2.05, 4.69) is 12.1 Å². The summed E-state index contributed by atoms with van der Waals surface area (Å²) in [4.78, 5) is 10.6. The van der Waals surface area contributed by atoms with Crippen molar-refractivity contribution in [3.63, 3.8) is 0 Å². The predicted molar refractivity (Wildman–Crippen MR) is 123 cm³/mol. The lowest BCUT2D eigenvalue weighted by atomic mass is 9.90. The smallest absolute Gasteiger partial charge is 0.303 e. The highest BCUT2D eigenvalue weighted by Crippen LogP contribution is 2.39. The van der Waals surface area contributed by atoms with Crippen molar-refractivity contribution in [3.8, 4) is 0 Å². The van der Waals surface area contributed by atoms with Gasteiger partial charge in [-0.3, -0.25) is 4.79 Å². The molecule has 1 fully saturated rings. The highest BCUT2D eigenvalue weighted by atomic mass is 35.5. The molecule has 0 aromatic heterocycles. The Morgan fingerprint density at radius 3 is 2.84 bits per heavy atom. The van der Waals surface area contributed by atoms with Crippen LogP contribution in [0.2, 0.25) is 0 Å². The number of carboxylic acid groups (broad SMARTS) is 1. The maximum absolute atomic E-state index is 10.6. The number of benzene rings is 1. The number of rotatable bonds is 13. The largest absolute Gasteiger partial charge is 0.481 e. The van der Waals surface area contributed by atoms with E-state index in [1.54, 1.807) is 13.2 Å². The molecule has 5 nitrogen and oxygen atoms in total. The number of aliphatic hydroxyl groups is 2. The summed E-state index contributed by atoms with van der Waals surface area (Å²) in [7, 11) is 1.68. The molecule has 0 spiro atoms. The molecule has 0 amide bonds. The average Bonchev–Trinajstić information content (AvgIpc) is 2.99. The van der Waals surface area contributed by atoms with Crippen molar-refractivity contribution in [2.45, 2.75) is 62.5 Å². The summed E-state index contributed by atoms with van der Waals surface area (Å²) in [6.07, 6.45) is 10.7. The average molecular weight is 451 g/mol. The molecule has 0 heterocycles. The van der Waals surface area contributed by atoms with Gasteiger partial charge in [-0.2, -0.15) is 0 Å². The molecule has 1 aromatic carbocycles. The van der Waals surface area contributed by atoms with Gasteiger partial charge in [0, 0.05) is 31.2 Å². The number of allylic oxidation sites excluding steroid dienone is 2. The van der Waals surface area contributed by atoms with Gasteiger partial charge >= 0.3 is 5.97 Å². The standard InChI is InChI=1S/C25H35ClO5/c1-31-14-13-18-7-6-8-19(15-18)16-20(27)11-12-22-21(23(26)17-24(22)28)9-4-2-3-5-10-25(29)30/h2,4,6-8,11-12,15,20-24,27-28H,3,5,9-10,13-14,16-17H2,1H3,(H,29,30)/b4-2-,12-11+/t20?,21-,22-,23-,24-/m1/s1. The van der Waals surface area contributed by atoms with Gasteiger partial charge in [0.2, 0.25) is 0 Å². The summed E-state index contributed by atoms with van der Waals surface area (Å²) in [5.41, 5.74) is 2.25. The van der Waals surface area contributed by atoms with Crippen molar-refractivity contribution in [2.24, 2.45) is 11.8 Å². The lowest BCUT2D eigenvalue weighted by Gasteiger charge is -2.19. The second-order valence-electron chi connectivity index (χ2n) is 8.27. The van der Waals surface area contributed by atoms with E-state index in [-0.39, 0.29) is 23.6 Å². The molecule has 0 bridgehead atoms. The van der Waals surface area contributed by atoms with Crippen LogP contribution in [0.25, 0.3) is 0 Å². The molecule has 0 saturated heterocycles. The van der Waals surface area contributed by atoms with Gasteiger partial charge in [0.1, 0.15) is 0 Å². The lowest BCUT2D eigenvalue weighted by Crippen LogP contribution is -2.19. The van der Waals surface area contributed by atoms with Gasteiger partial charge in [0.15, 0.2) is 0 Å². The molecule has 5 atom stereocenters. The van der Waals surface area contributed by atoms with Crippen molar-refractivity contribution in [2.75, 3.05) is 13.7 Å². The van der Waals surface area contributed by atoms with Crippen LogP contribution in [0, 0.1) is 11.8 Å². The highest BCUT2D eigenvalue weighted by Gasteiger charge is 2.39. The molecule has 1 aromatic rings. The molecule has 2 rings (SSSR count). The topological polar surface area (TPSA) is 87.0 Å². The Morgan fingerprint density at radius 2 is 2.10 bits per heavy atom. The summed E-state index contributed by atoms with van der Waals surface area (Å²) in [6.45, 7) is 0.667. The van der Waals surface area contributed by atoms with Crippen LogP contribution in [-0.4, -0.2) is 52.6 Å². The van der Waals surface area contributed by atoms with Gasteiger partial charge in [0.25, 0.3) is 0 Å². The van der Waals surface area contributed by atoms with E-state index in [1.807, 2.05) is 30.4 Å². The van der Waals surface area contributed by atoms with Gasteiger partial charge in [-0.15, -0.1) is 11.6 Å². The molecule has 3 N–H and O–H groups in total. The van der Waals surface area contributed by atoms with Gasteiger partial charge in [0.05, 0.1) is 18.8 Å². The fourth-order valence-electron chi connectivity index (χ4n) is 4.11. The Balaban J connectivity index is 1.89. The van der Waals surface area contributed by atoms with Crippen molar-refractivity contribution < 1.29 is 24.9 Å². The fraction of sp³-hybridized carbons (Fsp3) is 0.560. The maximum Gasteiger partial charge on any atom is 0.303 e. The van der Waals surface area contributed by atoms with E-state index >= 15 is 0 Å². The highest BCUT2D eigenvalue weighted by molar-refractivity contribution is 6.21. The van der Waals surface area contributed by atoms with Crippen LogP contribution in [0.1, 0.15) is 43.2 Å². The van der Waals surface area contributed by atoms with Crippen molar-refractivity contribution in [1.29, 1.82) is 0 Å². The lowest BCUT2D eigenvalue weighted by molar-refractivity contribution is -0.137. The van der Waals surface area contributed by atoms with Gasteiger partial charge in [-0.1, -0.05) is 48.6 Å². The molecular formula is C25H35ClO5. The first-order chi connectivity index (χ1) is 14.9. The molecular weight excluding hydrogens is 416 g/mol. The van der Waals surface area contributed by atoms with Crippen molar-refractivity contribution in [3.05, 3.63) is 59.7 Å². The summed E-state index contributed by atoms with van der Waals surface area (Å²) in [5.74, 6) is -0.791. The molecule has 172 valence electrons. The number of hydrogen-bond donors (Lipinski definition) is 3. The van der Waals surface area contributed by atoms with Crippen LogP contribution < -0.4 is 0 Å². The number of carbonyl (C=O) groups is 1. The Labute approximate surface area is 190 Å². The minimum absolute atomic E-state index is 0.0909. The number of halogens is 1. The normalized spacial score (nSPS) is 24.9. The summed E-state index contributed by atoms with van der Waals surface area (Å²) in [6, 6.07) is 8.15. The zero-order valence-electron chi connectivity index (χ0n) is 18.2. The number of alkyl halides is 1. The first kappa shape index (κ1) is 25.6. The van der Waals surface area contributed by atoms with Crippen LogP contribution in [-0.2, 0) is 22.4 Å². The third-order valence-corrected chi connectivity index (χ3v) is 6.29. The van der Waals surface area contributed by atoms with E-state index < -0.39 is 18.2 Å². The Kier molecular flexibility index (Phi) is 11.3. The molecule has 0 aliphatic heterocycles. The van der Waals surface area contributed by atoms with E-state index in [0.717, 1.165) is 24.8 Å². The SMILES string of the molecule is COCCc1cccc(CC(O)/C=C/[C@@H]2[C@@H](C/C=C\CCCC(=O)O)[C@H](Cl)C[C@H]2O)c1. The molecule has 31 heavy (non-hydrogen) atoms. The number of aliphatic hydroxyl groups excluding tert-OH is 2. The van der Waals surface area contributed by atoms with E-state index in [4.69, 9.17) is 21.4 Å². The number of hydrogen-bond acceptors (Lipinski definition) is 4. The molecule has 0 radical (unpaired) electrons. The second kappa shape index (κ2) is 13.7. The summed E-state index contributed by atoms with van der Waals surface area (Å²) < 4.78 is 5.12. The molecule has 1 aliphatic carbocycles. The Morgan fingerprint density at radius 1 is 1.32 bits per heavy atom. The summed E-state index contributed by atoms with van der Waals surface area (Å²) in [5, 5.41) is 29.5. The molecule has 1 saturated carbocycles. The third-order valence-electron chi connectivity index (χ3n) is 5.79. The monoisotopic (exact) mass is 450 g/mol. The quantitative estimate of drug-likeness (QED) is 0.239. The number of carboxylic acids is 1. The Hall–Kier alpha value is -1.66. The van der Waals surface area contributed by atoms with Crippen LogP contribution in [0.15, 0.2) is 48.6 Å². The number of aliphatic carboxylic acids is 1. The fourth-order valence-corrected chi connectivity index (χ4v) is 4.56. The van der Waals surface area contributed by atoms with Crippen LogP contribution in [0.3, 0.4) is 0 Å². The minimum atomic E-state index is -0.779. The van der Waals surface area contributed by atoms with Crippen LogP contribution >= 0.6 is 11.6 Å². The Bertz CT molecular complexity index is 732. The van der Waals surface area contributed by atoms with E-state index in [9.17, 15) is 15.0 Å². The molecule has 6 heteroatoms. The van der Waals surface area contributed by atoms with E-state index in [0.29, 0.717) is 25.9 Å². The van der Waals surface area contributed by atoms with Gasteiger partial charge in [-0.05, 0) is 49.1 Å². The molecule has 1 aliphatic rings. The number of methoxy groups -OCH3 is 1. The minimum Gasteiger partial charge on any atom is -0.481 e. The van der Waals surface area contributed by atoms with Crippen molar-refractivity contribution in [1.82, 2.24) is 0 Å². The molecule has 1 unspecified atom stereocenters. The first-order valence-corrected chi connectivity index (χ1v) is 11.5. The van der Waals surface area contributed by atoms with Crippen LogP contribution in [0.4, 0.5) is 0 Å². The van der Waals surface area contributed by atoms with E-state index in [1.165, 1.54) is 5.56 Å². The second-order valence-corrected chi connectivity index (χ2v) is 8.83. The maximum atomic E-state index is 10.6. The zero-order chi connectivity index (χ0) is 22.6. The zero-order valence-corrected chi connectivity index (χ0v) is 19.0. The number of ether oxygens (including phenoxy) is 1. The first-order valence-electron chi connectivity index (χ1n) is 11.0. The summed E-state index contributed by atoms with van der Waals surface area (Å²) >= 11 is 6.48. The number of unbranched alkanes of at least 4 members (excludes halogenated alkanes) is 1. The van der Waals surface area contributed by atoms with Crippen LogP contribution in [0.5, 0.6) is 0 Å². The van der Waals surface area contributed by atoms with Gasteiger partial charge in [-0.25, -0.2) is 0 Å². The third kappa shape index (κ3) is 9.16.